The molecule has 0 saturated carbocycles. The fourth-order valence-corrected chi connectivity index (χ4v) is 1.37. The average Bonchev–Trinajstić information content (AvgIpc) is 2.97. The molecular weight excluding hydrogens is 208 g/mol. The fraction of sp³-hybridized carbons (Fsp3) is 0.111. The molecule has 0 fully saturated rings. The van der Waals surface area contributed by atoms with E-state index in [1.54, 1.807) is 23.0 Å². The molecule has 0 atom stereocenters. The molecule has 3 rings (SSSR count). The largest absolute Gasteiger partial charge is 0.447 e. The third-order valence-corrected chi connectivity index (χ3v) is 2.10. The lowest BCUT2D eigenvalue weighted by molar-refractivity contribution is 0.511. The van der Waals surface area contributed by atoms with Gasteiger partial charge in [-0.15, -0.1) is 0 Å². The lowest BCUT2D eigenvalue weighted by atomic mass is 10.5. The maximum atomic E-state index is 5.10. The van der Waals surface area contributed by atoms with Crippen molar-refractivity contribution < 1.29 is 4.42 Å². The summed E-state index contributed by atoms with van der Waals surface area (Å²) in [5.41, 5.74) is 0.745. The number of aromatic nitrogens is 5. The van der Waals surface area contributed by atoms with E-state index in [2.05, 4.69) is 25.4 Å². The summed E-state index contributed by atoms with van der Waals surface area (Å²) in [5.74, 6) is 1.35. The Morgan fingerprint density at radius 1 is 1.38 bits per heavy atom. The topological polar surface area (TPSA) is 81.1 Å². The van der Waals surface area contributed by atoms with Crippen LogP contribution in [-0.2, 0) is 6.54 Å². The number of rotatable bonds is 3. The van der Waals surface area contributed by atoms with E-state index in [1.807, 2.05) is 0 Å². The lowest BCUT2D eigenvalue weighted by Gasteiger charge is -2.03. The van der Waals surface area contributed by atoms with E-state index >= 15 is 0 Å². The first kappa shape index (κ1) is 8.84. The van der Waals surface area contributed by atoms with Crippen molar-refractivity contribution >= 4 is 11.6 Å². The summed E-state index contributed by atoms with van der Waals surface area (Å²) in [5, 5.41) is 7.19. The molecule has 0 radical (unpaired) electrons. The lowest BCUT2D eigenvalue weighted by Crippen LogP contribution is -2.07. The van der Waals surface area contributed by atoms with E-state index in [4.69, 9.17) is 4.42 Å². The minimum atomic E-state index is 0.506. The highest BCUT2D eigenvalue weighted by Gasteiger charge is 2.03. The van der Waals surface area contributed by atoms with Gasteiger partial charge in [0.1, 0.15) is 12.1 Å². The highest BCUT2D eigenvalue weighted by molar-refractivity contribution is 5.41. The Morgan fingerprint density at radius 3 is 3.25 bits per heavy atom. The van der Waals surface area contributed by atoms with Crippen LogP contribution in [0.5, 0.6) is 0 Å². The van der Waals surface area contributed by atoms with Gasteiger partial charge in [-0.3, -0.25) is 0 Å². The van der Waals surface area contributed by atoms with Crippen LogP contribution >= 0.6 is 0 Å². The van der Waals surface area contributed by atoms with Crippen molar-refractivity contribution in [3.05, 3.63) is 36.9 Å². The number of nitrogens with zero attached hydrogens (tertiary/aromatic N) is 5. The molecule has 3 heterocycles. The zero-order valence-corrected chi connectivity index (χ0v) is 8.24. The molecule has 3 aromatic heterocycles. The van der Waals surface area contributed by atoms with Crippen molar-refractivity contribution in [2.24, 2.45) is 0 Å². The molecule has 1 N–H and O–H groups in total. The van der Waals surface area contributed by atoms with Crippen LogP contribution in [0.4, 0.5) is 5.95 Å². The Bertz CT molecular complexity index is 587. The summed E-state index contributed by atoms with van der Waals surface area (Å²) in [6.45, 7) is 0.506. The number of oxazole rings is 1. The number of nitrogens with one attached hydrogen (secondary N) is 1. The van der Waals surface area contributed by atoms with E-state index in [1.165, 1.54) is 12.7 Å². The van der Waals surface area contributed by atoms with Crippen molar-refractivity contribution in [1.82, 2.24) is 24.6 Å². The van der Waals surface area contributed by atoms with Crippen molar-refractivity contribution in [2.45, 2.75) is 6.54 Å². The smallest absolute Gasteiger partial charge is 0.227 e. The van der Waals surface area contributed by atoms with E-state index in [9.17, 15) is 0 Å². The van der Waals surface area contributed by atoms with Gasteiger partial charge in [0.05, 0.1) is 18.9 Å². The SMILES string of the molecule is c1nc(NCc2cnco2)n2nccc2n1. The summed E-state index contributed by atoms with van der Waals surface area (Å²) < 4.78 is 6.72. The molecular formula is C9H8N6O. The molecule has 0 spiro atoms. The van der Waals surface area contributed by atoms with Crippen molar-refractivity contribution in [2.75, 3.05) is 5.32 Å². The summed E-state index contributed by atoms with van der Waals surface area (Å²) in [6.07, 6.45) is 6.19. The third kappa shape index (κ3) is 1.48. The second-order valence-electron chi connectivity index (χ2n) is 3.12. The minimum absolute atomic E-state index is 0.506. The van der Waals surface area contributed by atoms with E-state index in [0.717, 1.165) is 11.4 Å². The van der Waals surface area contributed by atoms with Gasteiger partial charge in [0.25, 0.3) is 0 Å². The monoisotopic (exact) mass is 216 g/mol. The molecule has 0 aliphatic carbocycles. The molecule has 0 bridgehead atoms. The van der Waals surface area contributed by atoms with Crippen molar-refractivity contribution in [3.8, 4) is 0 Å². The summed E-state index contributed by atoms with van der Waals surface area (Å²) in [7, 11) is 0. The Hall–Kier alpha value is -2.44. The van der Waals surface area contributed by atoms with Crippen LogP contribution in [0, 0.1) is 0 Å². The Morgan fingerprint density at radius 2 is 2.38 bits per heavy atom. The molecule has 0 amide bonds. The van der Waals surface area contributed by atoms with Crippen LogP contribution < -0.4 is 5.32 Å². The van der Waals surface area contributed by atoms with Crippen LogP contribution in [0.1, 0.15) is 5.76 Å². The van der Waals surface area contributed by atoms with Gasteiger partial charge in [0, 0.05) is 6.07 Å². The maximum Gasteiger partial charge on any atom is 0.227 e. The molecule has 0 aliphatic heterocycles. The van der Waals surface area contributed by atoms with E-state index in [-0.39, 0.29) is 0 Å². The molecule has 7 nitrogen and oxygen atoms in total. The van der Waals surface area contributed by atoms with Gasteiger partial charge in [-0.2, -0.15) is 9.61 Å². The number of hydrogen-bond acceptors (Lipinski definition) is 6. The van der Waals surface area contributed by atoms with Crippen LogP contribution in [0.15, 0.2) is 35.6 Å². The third-order valence-electron chi connectivity index (χ3n) is 2.10. The zero-order valence-electron chi connectivity index (χ0n) is 8.24. The second-order valence-corrected chi connectivity index (χ2v) is 3.12. The fourth-order valence-electron chi connectivity index (χ4n) is 1.37. The second kappa shape index (κ2) is 3.61. The molecule has 0 aromatic carbocycles. The molecule has 16 heavy (non-hydrogen) atoms. The average molecular weight is 216 g/mol. The number of fused-ring (bicyclic) bond motifs is 1. The van der Waals surface area contributed by atoms with Gasteiger partial charge in [0.15, 0.2) is 12.0 Å². The van der Waals surface area contributed by atoms with Gasteiger partial charge in [-0.05, 0) is 0 Å². The van der Waals surface area contributed by atoms with Gasteiger partial charge < -0.3 is 9.73 Å². The zero-order chi connectivity index (χ0) is 10.8. The van der Waals surface area contributed by atoms with E-state index < -0.39 is 0 Å². The summed E-state index contributed by atoms with van der Waals surface area (Å²) in [6, 6.07) is 1.81. The predicted octanol–water partition coefficient (Wildman–Crippen LogP) is 0.724. The highest BCUT2D eigenvalue weighted by Crippen LogP contribution is 2.06. The molecule has 3 aromatic rings. The van der Waals surface area contributed by atoms with Gasteiger partial charge >= 0.3 is 0 Å². The van der Waals surface area contributed by atoms with Gasteiger partial charge in [0.2, 0.25) is 5.95 Å². The quantitative estimate of drug-likeness (QED) is 0.694. The minimum Gasteiger partial charge on any atom is -0.447 e. The predicted molar refractivity (Wildman–Crippen MR) is 54.6 cm³/mol. The maximum absolute atomic E-state index is 5.10. The van der Waals surface area contributed by atoms with Crippen LogP contribution in [-0.4, -0.2) is 24.6 Å². The first-order valence-electron chi connectivity index (χ1n) is 4.69. The Labute approximate surface area is 90.2 Å². The Kier molecular flexibility index (Phi) is 1.99. The molecule has 80 valence electrons. The molecule has 7 heteroatoms. The Balaban J connectivity index is 1.86. The molecule has 0 aliphatic rings. The van der Waals surface area contributed by atoms with Gasteiger partial charge in [-0.25, -0.2) is 15.0 Å². The van der Waals surface area contributed by atoms with Crippen LogP contribution in [0.2, 0.25) is 0 Å². The normalized spacial score (nSPS) is 10.8. The highest BCUT2D eigenvalue weighted by atomic mass is 16.3. The first-order chi connectivity index (χ1) is 7.93. The summed E-state index contributed by atoms with van der Waals surface area (Å²) in [4.78, 5) is 12.0. The number of anilines is 1. The van der Waals surface area contributed by atoms with Gasteiger partial charge in [-0.1, -0.05) is 0 Å². The summed E-state index contributed by atoms with van der Waals surface area (Å²) >= 11 is 0. The molecule has 0 saturated heterocycles. The molecule has 0 unspecified atom stereocenters. The van der Waals surface area contributed by atoms with Crippen molar-refractivity contribution in [3.63, 3.8) is 0 Å². The van der Waals surface area contributed by atoms with Crippen LogP contribution in [0.3, 0.4) is 0 Å². The van der Waals surface area contributed by atoms with Crippen LogP contribution in [0.25, 0.3) is 5.65 Å². The first-order valence-corrected chi connectivity index (χ1v) is 4.69. The van der Waals surface area contributed by atoms with E-state index in [0.29, 0.717) is 12.5 Å². The van der Waals surface area contributed by atoms with Crippen molar-refractivity contribution in [1.29, 1.82) is 0 Å². The standard InChI is InChI=1S/C9H8N6O/c1-2-14-15-8(1)12-5-13-9(15)11-4-7-3-10-6-16-7/h1-3,5-6H,4H2,(H,11,12,13). The number of hydrogen-bond donors (Lipinski definition) is 1.